The van der Waals surface area contributed by atoms with Crippen molar-refractivity contribution in [2.45, 2.75) is 0 Å². The molecule has 1 fully saturated rings. The Morgan fingerprint density at radius 1 is 1.03 bits per heavy atom. The largest absolute Gasteiger partial charge is 0.497 e. The van der Waals surface area contributed by atoms with Crippen molar-refractivity contribution in [3.05, 3.63) is 76.8 Å². The third-order valence-electron chi connectivity index (χ3n) is 5.69. The summed E-state index contributed by atoms with van der Waals surface area (Å²) in [6.45, 7) is 3.73. The minimum Gasteiger partial charge on any atom is -0.497 e. The van der Waals surface area contributed by atoms with Gasteiger partial charge < -0.3 is 14.4 Å². The minimum atomic E-state index is -0.354. The van der Waals surface area contributed by atoms with Gasteiger partial charge in [-0.1, -0.05) is 42.5 Å². The van der Waals surface area contributed by atoms with Gasteiger partial charge in [0.05, 0.1) is 14.2 Å². The van der Waals surface area contributed by atoms with Crippen molar-refractivity contribution in [3.63, 3.8) is 0 Å². The number of ether oxygens (including phenoxy) is 2. The van der Waals surface area contributed by atoms with Crippen molar-refractivity contribution < 1.29 is 19.1 Å². The maximum Gasteiger partial charge on any atom is 0.273 e. The topological polar surface area (TPSA) is 84.0 Å². The molecule has 1 N–H and O–H groups in total. The van der Waals surface area contributed by atoms with E-state index in [-0.39, 0.29) is 11.8 Å². The molecular formula is C26H28N4O4S. The number of hydrogen-bond donors (Lipinski definition) is 1. The van der Waals surface area contributed by atoms with Gasteiger partial charge in [0.25, 0.3) is 11.8 Å². The second-order valence-electron chi connectivity index (χ2n) is 8.00. The van der Waals surface area contributed by atoms with E-state index in [1.807, 2.05) is 23.1 Å². The van der Waals surface area contributed by atoms with Crippen molar-refractivity contribution in [2.24, 2.45) is 0 Å². The van der Waals surface area contributed by atoms with Crippen LogP contribution in [-0.2, 0) is 0 Å². The zero-order valence-electron chi connectivity index (χ0n) is 19.8. The summed E-state index contributed by atoms with van der Waals surface area (Å²) in [5.41, 5.74) is 1.89. The Kier molecular flexibility index (Phi) is 8.12. The fraction of sp³-hybridized carbons (Fsp3) is 0.269. The quantitative estimate of drug-likeness (QED) is 0.514. The number of nitrogens with one attached hydrogen (secondary N) is 1. The molecule has 1 aromatic heterocycles. The number of amides is 2. The SMILES string of the molecule is COc1cc(OC)cc(C(=O)Nc2nc(C(=O)N3CCN(C/C=C/c4ccccc4)CC3)cs2)c1. The predicted molar refractivity (Wildman–Crippen MR) is 137 cm³/mol. The summed E-state index contributed by atoms with van der Waals surface area (Å²) in [5.74, 6) is 0.551. The van der Waals surface area contributed by atoms with E-state index in [1.165, 1.54) is 31.1 Å². The van der Waals surface area contributed by atoms with Crippen molar-refractivity contribution in [3.8, 4) is 11.5 Å². The standard InChI is InChI=1S/C26H28N4O4S/c1-33-21-15-20(16-22(17-21)34-2)24(31)28-26-27-23(18-35-26)25(32)30-13-11-29(12-14-30)10-6-9-19-7-4-3-5-8-19/h3-9,15-18H,10-14H2,1-2H3,(H,27,28,31)/b9-6+. The molecule has 1 saturated heterocycles. The lowest BCUT2D eigenvalue weighted by molar-refractivity contribution is 0.0645. The highest BCUT2D eigenvalue weighted by molar-refractivity contribution is 7.14. The van der Waals surface area contributed by atoms with Gasteiger partial charge in [0.15, 0.2) is 5.13 Å². The second-order valence-corrected chi connectivity index (χ2v) is 8.86. The van der Waals surface area contributed by atoms with Crippen LogP contribution in [0.4, 0.5) is 5.13 Å². The van der Waals surface area contributed by atoms with E-state index < -0.39 is 0 Å². The number of piperazine rings is 1. The van der Waals surface area contributed by atoms with E-state index in [4.69, 9.17) is 9.47 Å². The minimum absolute atomic E-state index is 0.121. The lowest BCUT2D eigenvalue weighted by Crippen LogP contribution is -2.48. The molecule has 0 saturated carbocycles. The molecule has 9 heteroatoms. The van der Waals surface area contributed by atoms with Gasteiger partial charge in [-0.15, -0.1) is 11.3 Å². The molecule has 2 amide bonds. The smallest absolute Gasteiger partial charge is 0.273 e. The van der Waals surface area contributed by atoms with Crippen LogP contribution < -0.4 is 14.8 Å². The molecule has 1 aliphatic heterocycles. The molecule has 0 unspecified atom stereocenters. The monoisotopic (exact) mass is 492 g/mol. The highest BCUT2D eigenvalue weighted by Crippen LogP contribution is 2.24. The number of thiazole rings is 1. The number of hydrogen-bond acceptors (Lipinski definition) is 7. The van der Waals surface area contributed by atoms with E-state index in [0.717, 1.165) is 19.6 Å². The fourth-order valence-electron chi connectivity index (χ4n) is 3.73. The van der Waals surface area contributed by atoms with Crippen LogP contribution in [0.15, 0.2) is 60.0 Å². The number of benzene rings is 2. The summed E-state index contributed by atoms with van der Waals surface area (Å²) in [6.07, 6.45) is 4.27. The van der Waals surface area contributed by atoms with E-state index in [2.05, 4.69) is 39.5 Å². The van der Waals surface area contributed by atoms with E-state index in [9.17, 15) is 9.59 Å². The number of aromatic nitrogens is 1. The normalized spacial score (nSPS) is 14.2. The Hall–Kier alpha value is -3.69. The zero-order valence-corrected chi connectivity index (χ0v) is 20.6. The summed E-state index contributed by atoms with van der Waals surface area (Å²) < 4.78 is 10.4. The summed E-state index contributed by atoms with van der Waals surface area (Å²) in [5, 5.41) is 4.80. The van der Waals surface area contributed by atoms with Gasteiger partial charge in [-0.2, -0.15) is 0 Å². The third-order valence-corrected chi connectivity index (χ3v) is 6.45. The first-order chi connectivity index (χ1) is 17.1. The summed E-state index contributed by atoms with van der Waals surface area (Å²) in [6, 6.07) is 15.1. The maximum atomic E-state index is 12.9. The molecule has 8 nitrogen and oxygen atoms in total. The molecular weight excluding hydrogens is 464 g/mol. The van der Waals surface area contributed by atoms with Gasteiger partial charge >= 0.3 is 0 Å². The van der Waals surface area contributed by atoms with Crippen LogP contribution in [-0.4, -0.2) is 73.5 Å². The number of carbonyl (C=O) groups is 2. The van der Waals surface area contributed by atoms with Crippen LogP contribution in [0.3, 0.4) is 0 Å². The Balaban J connectivity index is 1.29. The summed E-state index contributed by atoms with van der Waals surface area (Å²) in [7, 11) is 3.05. The molecule has 0 spiro atoms. The van der Waals surface area contributed by atoms with Gasteiger partial charge in [-0.05, 0) is 17.7 Å². The van der Waals surface area contributed by atoms with Gasteiger partial charge in [-0.25, -0.2) is 4.98 Å². The van der Waals surface area contributed by atoms with Crippen molar-refractivity contribution in [1.82, 2.24) is 14.8 Å². The maximum absolute atomic E-state index is 12.9. The highest BCUT2D eigenvalue weighted by Gasteiger charge is 2.24. The van der Waals surface area contributed by atoms with Crippen LogP contribution in [0.1, 0.15) is 26.4 Å². The number of rotatable bonds is 8. The molecule has 0 atom stereocenters. The van der Waals surface area contributed by atoms with Gasteiger partial charge in [-0.3, -0.25) is 19.8 Å². The van der Waals surface area contributed by atoms with Crippen LogP contribution in [0.2, 0.25) is 0 Å². The lowest BCUT2D eigenvalue weighted by atomic mass is 10.2. The average Bonchev–Trinajstić information content (AvgIpc) is 3.37. The van der Waals surface area contributed by atoms with Crippen molar-refractivity contribution in [2.75, 3.05) is 52.3 Å². The molecule has 0 bridgehead atoms. The van der Waals surface area contributed by atoms with E-state index in [1.54, 1.807) is 23.6 Å². The van der Waals surface area contributed by atoms with Gasteiger partial charge in [0.1, 0.15) is 17.2 Å². The second kappa shape index (κ2) is 11.6. The zero-order chi connectivity index (χ0) is 24.6. The molecule has 0 aliphatic carbocycles. The van der Waals surface area contributed by atoms with E-state index >= 15 is 0 Å². The third kappa shape index (κ3) is 6.46. The van der Waals surface area contributed by atoms with Crippen molar-refractivity contribution in [1.29, 1.82) is 0 Å². The Morgan fingerprint density at radius 3 is 2.37 bits per heavy atom. The molecule has 2 aromatic carbocycles. The molecule has 3 aromatic rings. The Labute approximate surface area is 208 Å². The van der Waals surface area contributed by atoms with Crippen molar-refractivity contribution >= 4 is 34.4 Å². The van der Waals surface area contributed by atoms with Gasteiger partial charge in [0, 0.05) is 49.7 Å². The lowest BCUT2D eigenvalue weighted by Gasteiger charge is -2.33. The van der Waals surface area contributed by atoms with Gasteiger partial charge in [0.2, 0.25) is 0 Å². The van der Waals surface area contributed by atoms with Crippen LogP contribution in [0.5, 0.6) is 11.5 Å². The van der Waals surface area contributed by atoms with Crippen LogP contribution >= 0.6 is 11.3 Å². The predicted octanol–water partition coefficient (Wildman–Crippen LogP) is 3.88. The molecule has 4 rings (SSSR count). The fourth-order valence-corrected chi connectivity index (χ4v) is 4.41. The molecule has 2 heterocycles. The Bertz CT molecular complexity index is 1160. The number of carbonyl (C=O) groups excluding carboxylic acids is 2. The first-order valence-corrected chi connectivity index (χ1v) is 12.2. The average molecular weight is 493 g/mol. The number of anilines is 1. The van der Waals surface area contributed by atoms with E-state index in [0.29, 0.717) is 41.0 Å². The first-order valence-electron chi connectivity index (χ1n) is 11.3. The van der Waals surface area contributed by atoms with Crippen LogP contribution in [0, 0.1) is 0 Å². The number of methoxy groups -OCH3 is 2. The highest BCUT2D eigenvalue weighted by atomic mass is 32.1. The molecule has 1 aliphatic rings. The Morgan fingerprint density at radius 2 is 1.71 bits per heavy atom. The molecule has 182 valence electrons. The molecule has 35 heavy (non-hydrogen) atoms. The molecule has 0 radical (unpaired) electrons. The summed E-state index contributed by atoms with van der Waals surface area (Å²) in [4.78, 5) is 34.1. The van der Waals surface area contributed by atoms with Crippen LogP contribution in [0.25, 0.3) is 6.08 Å². The summed E-state index contributed by atoms with van der Waals surface area (Å²) >= 11 is 1.22. The number of nitrogens with zero attached hydrogens (tertiary/aromatic N) is 3. The first kappa shape index (κ1) is 24.4.